The second-order valence-corrected chi connectivity index (χ2v) is 12.5. The number of hydrogen-bond donors (Lipinski definition) is 3. The molecule has 0 saturated carbocycles. The lowest BCUT2D eigenvalue weighted by atomic mass is 9.98. The maximum Gasteiger partial charge on any atom is 0.265 e. The third-order valence-electron chi connectivity index (χ3n) is 6.07. The molecule has 0 radical (unpaired) electrons. The minimum Gasteiger partial charge on any atom is -0.381 e. The summed E-state index contributed by atoms with van der Waals surface area (Å²) in [4.78, 5) is 25.5. The fourth-order valence-corrected chi connectivity index (χ4v) is 7.80. The summed E-state index contributed by atoms with van der Waals surface area (Å²) in [5, 5.41) is 15.2. The zero-order valence-corrected chi connectivity index (χ0v) is 21.3. The van der Waals surface area contributed by atoms with Crippen LogP contribution in [0.15, 0.2) is 63.7 Å². The second kappa shape index (κ2) is 11.1. The number of fused-ring (bicyclic) bond motifs is 1. The molecule has 1 aliphatic heterocycles. The van der Waals surface area contributed by atoms with Crippen LogP contribution in [0.2, 0.25) is 0 Å². The van der Waals surface area contributed by atoms with Crippen LogP contribution in [0.25, 0.3) is 10.1 Å². The minimum atomic E-state index is -4.05. The van der Waals surface area contributed by atoms with E-state index >= 15 is 0 Å². The number of thioether (sulfide) groups is 1. The van der Waals surface area contributed by atoms with Crippen LogP contribution in [-0.4, -0.2) is 55.7 Å². The van der Waals surface area contributed by atoms with Crippen molar-refractivity contribution in [1.82, 2.24) is 10.8 Å². The van der Waals surface area contributed by atoms with Crippen molar-refractivity contribution in [1.29, 1.82) is 0 Å². The van der Waals surface area contributed by atoms with Gasteiger partial charge in [-0.3, -0.25) is 14.8 Å². The van der Waals surface area contributed by atoms with Gasteiger partial charge in [-0.05, 0) is 59.5 Å². The Morgan fingerprint density at radius 1 is 1.09 bits per heavy atom. The van der Waals surface area contributed by atoms with E-state index in [1.54, 1.807) is 23.5 Å². The van der Waals surface area contributed by atoms with Crippen LogP contribution >= 0.6 is 23.1 Å². The Kier molecular flexibility index (Phi) is 8.12. The Morgan fingerprint density at radius 3 is 2.51 bits per heavy atom. The first kappa shape index (κ1) is 25.6. The van der Waals surface area contributed by atoms with Gasteiger partial charge in [0.15, 0.2) is 14.6 Å². The van der Waals surface area contributed by atoms with E-state index in [2.05, 4.69) is 5.32 Å². The van der Waals surface area contributed by atoms with Crippen LogP contribution in [0.1, 0.15) is 18.4 Å². The average molecular weight is 535 g/mol. The van der Waals surface area contributed by atoms with Gasteiger partial charge in [-0.2, -0.15) is 0 Å². The molecule has 3 aromatic rings. The maximum atomic E-state index is 13.3. The summed E-state index contributed by atoms with van der Waals surface area (Å²) in [6.07, 6.45) is 0.271. The van der Waals surface area contributed by atoms with Crippen LogP contribution in [0.3, 0.4) is 0 Å². The van der Waals surface area contributed by atoms with Crippen molar-refractivity contribution in [2.75, 3.05) is 25.5 Å². The zero-order valence-electron chi connectivity index (χ0n) is 18.9. The predicted molar refractivity (Wildman–Crippen MR) is 136 cm³/mol. The largest absolute Gasteiger partial charge is 0.381 e. The monoisotopic (exact) mass is 534 g/mol. The topological polar surface area (TPSA) is 122 Å². The van der Waals surface area contributed by atoms with Gasteiger partial charge < -0.3 is 10.1 Å². The molecule has 2 heterocycles. The molecule has 1 aliphatic rings. The molecule has 4 rings (SSSR count). The predicted octanol–water partition coefficient (Wildman–Crippen LogP) is 3.18. The van der Waals surface area contributed by atoms with Crippen LogP contribution in [0.4, 0.5) is 0 Å². The number of rotatable bonds is 9. The van der Waals surface area contributed by atoms with Crippen molar-refractivity contribution in [3.63, 3.8) is 0 Å². The molecule has 186 valence electrons. The first-order valence-electron chi connectivity index (χ1n) is 11.1. The van der Waals surface area contributed by atoms with Crippen molar-refractivity contribution >= 4 is 54.8 Å². The Morgan fingerprint density at radius 2 is 1.80 bits per heavy atom. The summed E-state index contributed by atoms with van der Waals surface area (Å²) in [5.74, 6) is -0.360. The quantitative estimate of drug-likeness (QED) is 0.167. The second-order valence-electron chi connectivity index (χ2n) is 8.15. The van der Waals surface area contributed by atoms with Gasteiger partial charge in [0.25, 0.3) is 5.91 Å². The van der Waals surface area contributed by atoms with Crippen LogP contribution in [0.5, 0.6) is 0 Å². The van der Waals surface area contributed by atoms with Crippen molar-refractivity contribution in [2.45, 2.75) is 33.8 Å². The summed E-state index contributed by atoms with van der Waals surface area (Å²) < 4.78 is 31.2. The smallest absolute Gasteiger partial charge is 0.265 e. The molecule has 1 aromatic heterocycles. The molecule has 0 atom stereocenters. The molecule has 8 nitrogen and oxygen atoms in total. The van der Waals surface area contributed by atoms with Gasteiger partial charge in [0.05, 0.1) is 11.3 Å². The van der Waals surface area contributed by atoms with Crippen molar-refractivity contribution in [3.05, 3.63) is 59.5 Å². The Hall–Kier alpha value is -2.44. The maximum absolute atomic E-state index is 13.3. The first-order chi connectivity index (χ1) is 16.9. The van der Waals surface area contributed by atoms with Crippen LogP contribution in [0, 0.1) is 0 Å². The molecule has 2 aromatic carbocycles. The van der Waals surface area contributed by atoms with E-state index in [-0.39, 0.29) is 36.9 Å². The number of hydroxylamine groups is 1. The first-order valence-corrected chi connectivity index (χ1v) is 14.4. The highest BCUT2D eigenvalue weighted by Gasteiger charge is 2.52. The van der Waals surface area contributed by atoms with Gasteiger partial charge in [0, 0.05) is 35.1 Å². The molecular weight excluding hydrogens is 508 g/mol. The van der Waals surface area contributed by atoms with E-state index in [1.807, 2.05) is 29.6 Å². The number of benzene rings is 2. The normalized spacial score (nSPS) is 15.6. The molecular formula is C24H26N2O6S3. The highest BCUT2D eigenvalue weighted by molar-refractivity contribution is 7.99. The lowest BCUT2D eigenvalue weighted by Crippen LogP contribution is -2.54. The van der Waals surface area contributed by atoms with Crippen molar-refractivity contribution in [2.24, 2.45) is 0 Å². The molecule has 2 amide bonds. The molecule has 1 fully saturated rings. The van der Waals surface area contributed by atoms with E-state index in [9.17, 15) is 18.0 Å². The van der Waals surface area contributed by atoms with E-state index in [1.165, 1.54) is 29.4 Å². The molecule has 11 heteroatoms. The fourth-order valence-electron chi connectivity index (χ4n) is 4.13. The molecule has 35 heavy (non-hydrogen) atoms. The Bertz CT molecular complexity index is 1300. The van der Waals surface area contributed by atoms with E-state index < -0.39 is 20.5 Å². The SMILES string of the molecule is O=C(Cc1csc2ccccc12)NCCSc1ccc(S(=O)(=O)C2(C(=O)NO)CCOCC2)cc1. The van der Waals surface area contributed by atoms with E-state index in [4.69, 9.17) is 9.94 Å². The molecule has 0 spiro atoms. The molecule has 3 N–H and O–H groups in total. The number of nitrogens with one attached hydrogen (secondary N) is 2. The fraction of sp³-hybridized carbons (Fsp3) is 0.333. The molecule has 1 saturated heterocycles. The number of ether oxygens (including phenoxy) is 1. The highest BCUT2D eigenvalue weighted by atomic mass is 32.2. The third kappa shape index (κ3) is 5.39. The Balaban J connectivity index is 1.31. The number of carbonyl (C=O) groups is 2. The number of sulfone groups is 1. The summed E-state index contributed by atoms with van der Waals surface area (Å²) in [6, 6.07) is 14.3. The summed E-state index contributed by atoms with van der Waals surface area (Å²) in [5.41, 5.74) is 2.54. The summed E-state index contributed by atoms with van der Waals surface area (Å²) in [6.45, 7) is 0.718. The standard InChI is InChI=1S/C24H26N2O6S3/c27-22(15-17-16-34-21-4-2-1-3-20(17)21)25-11-14-33-18-5-7-19(8-6-18)35(30,31)24(23(28)26-29)9-12-32-13-10-24/h1-8,16,29H,9-15H2,(H,25,27)(H,26,28). The highest BCUT2D eigenvalue weighted by Crippen LogP contribution is 2.36. The van der Waals surface area contributed by atoms with E-state index in [0.717, 1.165) is 20.5 Å². The lowest BCUT2D eigenvalue weighted by molar-refractivity contribution is -0.134. The van der Waals surface area contributed by atoms with Crippen molar-refractivity contribution < 1.29 is 28.0 Å². The third-order valence-corrected chi connectivity index (χ3v) is 10.6. The van der Waals surface area contributed by atoms with Gasteiger partial charge in [0.2, 0.25) is 5.91 Å². The summed E-state index contributed by atoms with van der Waals surface area (Å²) in [7, 11) is -4.05. The van der Waals surface area contributed by atoms with Crippen LogP contribution in [-0.2, 0) is 30.6 Å². The Labute approximate surface area is 211 Å². The lowest BCUT2D eigenvalue weighted by Gasteiger charge is -2.34. The van der Waals surface area contributed by atoms with Gasteiger partial charge in [-0.25, -0.2) is 13.9 Å². The minimum absolute atomic E-state index is 0.0173. The number of thiophene rings is 1. The number of hydrogen-bond acceptors (Lipinski definition) is 8. The number of carbonyl (C=O) groups excluding carboxylic acids is 2. The van der Waals surface area contributed by atoms with E-state index in [0.29, 0.717) is 18.7 Å². The summed E-state index contributed by atoms with van der Waals surface area (Å²) >= 11 is 3.12. The molecule has 0 bridgehead atoms. The number of amides is 2. The van der Waals surface area contributed by atoms with Gasteiger partial charge in [-0.15, -0.1) is 23.1 Å². The molecule has 0 aliphatic carbocycles. The van der Waals surface area contributed by atoms with Crippen molar-refractivity contribution in [3.8, 4) is 0 Å². The van der Waals surface area contributed by atoms with Gasteiger partial charge in [0.1, 0.15) is 0 Å². The van der Waals surface area contributed by atoms with Crippen LogP contribution < -0.4 is 10.8 Å². The van der Waals surface area contributed by atoms with Gasteiger partial charge >= 0.3 is 0 Å². The van der Waals surface area contributed by atoms with Gasteiger partial charge in [-0.1, -0.05) is 18.2 Å². The average Bonchev–Trinajstić information content (AvgIpc) is 3.29. The zero-order chi connectivity index (χ0) is 24.9. The molecule has 0 unspecified atom stereocenters.